The van der Waals surface area contributed by atoms with Crippen LogP contribution in [-0.4, -0.2) is 31.8 Å². The lowest BCUT2D eigenvalue weighted by Crippen LogP contribution is -2.10. The standard InChI is InChI=1S/C11H16N6/c1-3-4-6-9-14-10(12-2)16-11(15-9)17-8-5-7-13-17/h5,7-8H,3-4,6H2,1-2H3,(H,12,14,15,16). The number of hydrogen-bond acceptors (Lipinski definition) is 5. The summed E-state index contributed by atoms with van der Waals surface area (Å²) < 4.78 is 1.64. The van der Waals surface area contributed by atoms with Crippen LogP contribution >= 0.6 is 0 Å². The molecule has 0 bridgehead atoms. The van der Waals surface area contributed by atoms with Crippen LogP contribution in [0.1, 0.15) is 25.6 Å². The zero-order valence-electron chi connectivity index (χ0n) is 10.1. The number of nitrogens with zero attached hydrogens (tertiary/aromatic N) is 5. The second-order valence-electron chi connectivity index (χ2n) is 3.68. The normalized spacial score (nSPS) is 10.5. The Hall–Kier alpha value is -1.98. The van der Waals surface area contributed by atoms with Gasteiger partial charge in [-0.05, 0) is 12.5 Å². The van der Waals surface area contributed by atoms with Crippen molar-refractivity contribution in [3.63, 3.8) is 0 Å². The molecule has 2 aromatic heterocycles. The Morgan fingerprint density at radius 2 is 2.18 bits per heavy atom. The van der Waals surface area contributed by atoms with Gasteiger partial charge in [0, 0.05) is 25.9 Å². The molecule has 0 saturated carbocycles. The fourth-order valence-corrected chi connectivity index (χ4v) is 1.46. The first-order chi connectivity index (χ1) is 8.33. The molecule has 2 rings (SSSR count). The maximum atomic E-state index is 4.40. The molecular formula is C11H16N6. The van der Waals surface area contributed by atoms with Crippen molar-refractivity contribution in [3.05, 3.63) is 24.3 Å². The lowest BCUT2D eigenvalue weighted by Gasteiger charge is -2.06. The van der Waals surface area contributed by atoms with Gasteiger partial charge >= 0.3 is 0 Å². The van der Waals surface area contributed by atoms with Gasteiger partial charge in [0.25, 0.3) is 5.95 Å². The van der Waals surface area contributed by atoms with Crippen LogP contribution in [-0.2, 0) is 6.42 Å². The Labute approximate surface area is 100 Å². The number of nitrogens with one attached hydrogen (secondary N) is 1. The Bertz CT molecular complexity index is 465. The lowest BCUT2D eigenvalue weighted by molar-refractivity contribution is 0.719. The fraction of sp³-hybridized carbons (Fsp3) is 0.455. The Balaban J connectivity index is 2.32. The highest BCUT2D eigenvalue weighted by Crippen LogP contribution is 2.07. The Kier molecular flexibility index (Phi) is 3.64. The maximum Gasteiger partial charge on any atom is 0.255 e. The van der Waals surface area contributed by atoms with E-state index in [1.165, 1.54) is 0 Å². The third-order valence-electron chi connectivity index (χ3n) is 2.36. The largest absolute Gasteiger partial charge is 0.357 e. The van der Waals surface area contributed by atoms with Crippen molar-refractivity contribution in [1.82, 2.24) is 24.7 Å². The van der Waals surface area contributed by atoms with Crippen molar-refractivity contribution in [3.8, 4) is 5.95 Å². The van der Waals surface area contributed by atoms with Gasteiger partial charge in [-0.3, -0.25) is 0 Å². The molecule has 0 aliphatic heterocycles. The van der Waals surface area contributed by atoms with Gasteiger partial charge in [0.15, 0.2) is 0 Å². The minimum absolute atomic E-state index is 0.556. The SMILES string of the molecule is CCCCc1nc(NC)nc(-n2cccn2)n1. The molecule has 0 amide bonds. The van der Waals surface area contributed by atoms with E-state index in [2.05, 4.69) is 32.3 Å². The van der Waals surface area contributed by atoms with Crippen molar-refractivity contribution in [2.45, 2.75) is 26.2 Å². The van der Waals surface area contributed by atoms with E-state index in [-0.39, 0.29) is 0 Å². The number of rotatable bonds is 5. The first-order valence-electron chi connectivity index (χ1n) is 5.76. The number of aromatic nitrogens is 5. The molecular weight excluding hydrogens is 216 g/mol. The van der Waals surface area contributed by atoms with Gasteiger partial charge in [0.05, 0.1) is 0 Å². The summed E-state index contributed by atoms with van der Waals surface area (Å²) in [5, 5.41) is 7.06. The van der Waals surface area contributed by atoms with Gasteiger partial charge in [0.2, 0.25) is 5.95 Å². The summed E-state index contributed by atoms with van der Waals surface area (Å²) >= 11 is 0. The number of anilines is 1. The molecule has 0 aliphatic carbocycles. The highest BCUT2D eigenvalue weighted by molar-refractivity contribution is 5.27. The van der Waals surface area contributed by atoms with Crippen LogP contribution < -0.4 is 5.32 Å². The average Bonchev–Trinajstić information content (AvgIpc) is 2.89. The maximum absolute atomic E-state index is 4.40. The zero-order valence-corrected chi connectivity index (χ0v) is 10.1. The highest BCUT2D eigenvalue weighted by Gasteiger charge is 2.06. The van der Waals surface area contributed by atoms with Crippen molar-refractivity contribution in [2.75, 3.05) is 12.4 Å². The summed E-state index contributed by atoms with van der Waals surface area (Å²) in [6, 6.07) is 1.84. The molecule has 1 N–H and O–H groups in total. The van der Waals surface area contributed by atoms with Crippen LogP contribution in [0.5, 0.6) is 0 Å². The predicted molar refractivity (Wildman–Crippen MR) is 65.1 cm³/mol. The number of hydrogen-bond donors (Lipinski definition) is 1. The predicted octanol–water partition coefficient (Wildman–Crippen LogP) is 1.44. The summed E-state index contributed by atoms with van der Waals surface area (Å²) in [5.41, 5.74) is 0. The van der Waals surface area contributed by atoms with Crippen LogP contribution in [0.15, 0.2) is 18.5 Å². The van der Waals surface area contributed by atoms with Gasteiger partial charge in [-0.1, -0.05) is 13.3 Å². The zero-order chi connectivity index (χ0) is 12.1. The van der Waals surface area contributed by atoms with E-state index in [1.54, 1.807) is 17.9 Å². The number of aryl methyl sites for hydroxylation is 1. The van der Waals surface area contributed by atoms with Crippen molar-refractivity contribution >= 4 is 5.95 Å². The summed E-state index contributed by atoms with van der Waals surface area (Å²) in [6.45, 7) is 2.15. The second kappa shape index (κ2) is 5.38. The average molecular weight is 232 g/mol. The van der Waals surface area contributed by atoms with Crippen LogP contribution in [0.4, 0.5) is 5.95 Å². The summed E-state index contributed by atoms with van der Waals surface area (Å²) in [4.78, 5) is 13.0. The minimum Gasteiger partial charge on any atom is -0.357 e. The molecule has 0 radical (unpaired) electrons. The Morgan fingerprint density at radius 1 is 1.29 bits per heavy atom. The monoisotopic (exact) mass is 232 g/mol. The number of unbranched alkanes of at least 4 members (excludes halogenated alkanes) is 1. The minimum atomic E-state index is 0.556. The van der Waals surface area contributed by atoms with E-state index < -0.39 is 0 Å². The quantitative estimate of drug-likeness (QED) is 0.844. The molecule has 0 aromatic carbocycles. The lowest BCUT2D eigenvalue weighted by atomic mass is 10.2. The van der Waals surface area contributed by atoms with Crippen LogP contribution in [0, 0.1) is 0 Å². The molecule has 0 saturated heterocycles. The van der Waals surface area contributed by atoms with E-state index in [4.69, 9.17) is 0 Å². The second-order valence-corrected chi connectivity index (χ2v) is 3.68. The van der Waals surface area contributed by atoms with E-state index in [1.807, 2.05) is 12.3 Å². The molecule has 2 aromatic rings. The molecule has 0 aliphatic rings. The molecule has 2 heterocycles. The fourth-order valence-electron chi connectivity index (χ4n) is 1.46. The summed E-state index contributed by atoms with van der Waals surface area (Å²) in [7, 11) is 1.80. The first-order valence-corrected chi connectivity index (χ1v) is 5.76. The Morgan fingerprint density at radius 3 is 2.82 bits per heavy atom. The molecule has 90 valence electrons. The molecule has 17 heavy (non-hydrogen) atoms. The van der Waals surface area contributed by atoms with E-state index >= 15 is 0 Å². The van der Waals surface area contributed by atoms with Gasteiger partial charge in [0.1, 0.15) is 5.82 Å². The molecule has 0 unspecified atom stereocenters. The van der Waals surface area contributed by atoms with Gasteiger partial charge < -0.3 is 5.32 Å². The topological polar surface area (TPSA) is 68.5 Å². The van der Waals surface area contributed by atoms with Crippen molar-refractivity contribution in [2.24, 2.45) is 0 Å². The van der Waals surface area contributed by atoms with Crippen molar-refractivity contribution < 1.29 is 0 Å². The summed E-state index contributed by atoms with van der Waals surface area (Å²) in [6.07, 6.45) is 6.58. The molecule has 0 fully saturated rings. The summed E-state index contributed by atoms with van der Waals surface area (Å²) in [5.74, 6) is 1.94. The van der Waals surface area contributed by atoms with Crippen LogP contribution in [0.25, 0.3) is 5.95 Å². The van der Waals surface area contributed by atoms with E-state index in [0.717, 1.165) is 25.1 Å². The van der Waals surface area contributed by atoms with Gasteiger partial charge in [-0.15, -0.1) is 0 Å². The molecule has 0 spiro atoms. The van der Waals surface area contributed by atoms with E-state index in [0.29, 0.717) is 11.9 Å². The van der Waals surface area contributed by atoms with E-state index in [9.17, 15) is 0 Å². The van der Waals surface area contributed by atoms with Gasteiger partial charge in [-0.25, -0.2) is 4.68 Å². The third kappa shape index (κ3) is 2.77. The highest BCUT2D eigenvalue weighted by atomic mass is 15.4. The smallest absolute Gasteiger partial charge is 0.255 e. The van der Waals surface area contributed by atoms with Crippen LogP contribution in [0.2, 0.25) is 0 Å². The first kappa shape index (κ1) is 11.5. The third-order valence-corrected chi connectivity index (χ3v) is 2.36. The molecule has 0 atom stereocenters. The van der Waals surface area contributed by atoms with Crippen LogP contribution in [0.3, 0.4) is 0 Å². The van der Waals surface area contributed by atoms with Gasteiger partial charge in [-0.2, -0.15) is 20.1 Å². The molecule has 6 heteroatoms. The molecule has 6 nitrogen and oxygen atoms in total. The van der Waals surface area contributed by atoms with Crippen molar-refractivity contribution in [1.29, 1.82) is 0 Å².